The van der Waals surface area contributed by atoms with Gasteiger partial charge in [-0.15, -0.1) is 0 Å². The third-order valence-electron chi connectivity index (χ3n) is 4.96. The van der Waals surface area contributed by atoms with E-state index in [0.717, 1.165) is 24.2 Å². The quantitative estimate of drug-likeness (QED) is 0.492. The number of rotatable bonds is 13. The average molecular weight is 411 g/mol. The van der Waals surface area contributed by atoms with Crippen molar-refractivity contribution in [2.75, 3.05) is 13.2 Å². The minimum Gasteiger partial charge on any atom is -0.494 e. The van der Waals surface area contributed by atoms with Gasteiger partial charge in [0, 0.05) is 19.5 Å². The lowest BCUT2D eigenvalue weighted by molar-refractivity contribution is -0.141. The van der Waals surface area contributed by atoms with Crippen LogP contribution in [-0.4, -0.2) is 35.9 Å². The number of nitrogens with one attached hydrogen (secondary N) is 1. The number of hydrogen-bond acceptors (Lipinski definition) is 3. The lowest BCUT2D eigenvalue weighted by atomic mass is 10.1. The molecular weight excluding hydrogens is 376 g/mol. The van der Waals surface area contributed by atoms with Crippen LogP contribution >= 0.6 is 0 Å². The van der Waals surface area contributed by atoms with Gasteiger partial charge in [-0.25, -0.2) is 0 Å². The SMILES string of the molecule is CCCCNC(=O)[C@@H](CC)N(Cc1ccccc1)C(=O)CCCOc1ccccc1. The first kappa shape index (κ1) is 23.5. The van der Waals surface area contributed by atoms with Gasteiger partial charge in [-0.1, -0.05) is 68.8 Å². The van der Waals surface area contributed by atoms with Crippen LogP contribution in [0, 0.1) is 0 Å². The Kier molecular flexibility index (Phi) is 10.5. The molecule has 2 rings (SSSR count). The van der Waals surface area contributed by atoms with Crippen LogP contribution in [-0.2, 0) is 16.1 Å². The summed E-state index contributed by atoms with van der Waals surface area (Å²) in [5.41, 5.74) is 1.02. The van der Waals surface area contributed by atoms with Crippen molar-refractivity contribution >= 4 is 11.8 Å². The smallest absolute Gasteiger partial charge is 0.242 e. The molecule has 0 heterocycles. The summed E-state index contributed by atoms with van der Waals surface area (Å²) in [4.78, 5) is 27.6. The van der Waals surface area contributed by atoms with Crippen molar-refractivity contribution in [3.63, 3.8) is 0 Å². The number of nitrogens with zero attached hydrogens (tertiary/aromatic N) is 1. The van der Waals surface area contributed by atoms with Gasteiger partial charge >= 0.3 is 0 Å². The third kappa shape index (κ3) is 7.90. The van der Waals surface area contributed by atoms with E-state index in [2.05, 4.69) is 12.2 Å². The minimum atomic E-state index is -0.468. The molecule has 1 N–H and O–H groups in total. The van der Waals surface area contributed by atoms with Crippen LogP contribution in [0.2, 0.25) is 0 Å². The fourth-order valence-corrected chi connectivity index (χ4v) is 3.28. The van der Waals surface area contributed by atoms with Crippen molar-refractivity contribution in [1.29, 1.82) is 0 Å². The van der Waals surface area contributed by atoms with Gasteiger partial charge in [0.1, 0.15) is 11.8 Å². The number of carbonyl (C=O) groups excluding carboxylic acids is 2. The zero-order chi connectivity index (χ0) is 21.6. The number of unbranched alkanes of at least 4 members (excludes halogenated alkanes) is 1. The molecule has 2 aromatic carbocycles. The normalized spacial score (nSPS) is 11.5. The summed E-state index contributed by atoms with van der Waals surface area (Å²) in [6.07, 6.45) is 3.49. The molecule has 0 saturated carbocycles. The highest BCUT2D eigenvalue weighted by atomic mass is 16.5. The summed E-state index contributed by atoms with van der Waals surface area (Å²) in [7, 11) is 0. The van der Waals surface area contributed by atoms with E-state index in [4.69, 9.17) is 4.74 Å². The topological polar surface area (TPSA) is 58.6 Å². The van der Waals surface area contributed by atoms with E-state index in [1.54, 1.807) is 4.90 Å². The van der Waals surface area contributed by atoms with Crippen LogP contribution in [0.4, 0.5) is 0 Å². The van der Waals surface area contributed by atoms with Crippen molar-refractivity contribution in [3.8, 4) is 5.75 Å². The van der Waals surface area contributed by atoms with Crippen molar-refractivity contribution in [3.05, 3.63) is 66.2 Å². The number of amides is 2. The standard InChI is InChI=1S/C25H34N2O3/c1-3-5-18-26-25(29)23(4-2)27(20-21-13-8-6-9-14-21)24(28)17-12-19-30-22-15-10-7-11-16-22/h6-11,13-16,23H,3-5,12,17-20H2,1-2H3,(H,26,29)/t23-/m1/s1. The zero-order valence-corrected chi connectivity index (χ0v) is 18.2. The first-order valence-corrected chi connectivity index (χ1v) is 10.9. The molecule has 30 heavy (non-hydrogen) atoms. The fourth-order valence-electron chi connectivity index (χ4n) is 3.28. The first-order chi connectivity index (χ1) is 14.7. The Bertz CT molecular complexity index is 750. The van der Waals surface area contributed by atoms with Crippen LogP contribution < -0.4 is 10.1 Å². The van der Waals surface area contributed by atoms with E-state index in [9.17, 15) is 9.59 Å². The van der Waals surface area contributed by atoms with Gasteiger partial charge in [0.05, 0.1) is 6.61 Å². The second kappa shape index (κ2) is 13.4. The maximum absolute atomic E-state index is 13.1. The highest BCUT2D eigenvalue weighted by molar-refractivity contribution is 5.87. The molecule has 162 valence electrons. The number of benzene rings is 2. The van der Waals surface area contributed by atoms with Crippen LogP contribution in [0.5, 0.6) is 5.75 Å². The number of para-hydroxylation sites is 1. The highest BCUT2D eigenvalue weighted by Crippen LogP contribution is 2.15. The molecule has 0 aliphatic carbocycles. The van der Waals surface area contributed by atoms with E-state index in [1.807, 2.05) is 67.6 Å². The van der Waals surface area contributed by atoms with Crippen LogP contribution in [0.25, 0.3) is 0 Å². The molecule has 0 aliphatic rings. The predicted molar refractivity (Wildman–Crippen MR) is 120 cm³/mol. The Morgan fingerprint density at radius 2 is 1.63 bits per heavy atom. The maximum atomic E-state index is 13.1. The van der Waals surface area contributed by atoms with E-state index < -0.39 is 6.04 Å². The van der Waals surface area contributed by atoms with Gasteiger partial charge in [-0.3, -0.25) is 9.59 Å². The van der Waals surface area contributed by atoms with Crippen molar-refractivity contribution in [2.24, 2.45) is 0 Å². The molecule has 5 heteroatoms. The van der Waals surface area contributed by atoms with E-state index >= 15 is 0 Å². The van der Waals surface area contributed by atoms with E-state index in [0.29, 0.717) is 39.0 Å². The Morgan fingerprint density at radius 3 is 2.27 bits per heavy atom. The van der Waals surface area contributed by atoms with E-state index in [-0.39, 0.29) is 11.8 Å². The molecule has 2 amide bonds. The maximum Gasteiger partial charge on any atom is 0.242 e. The highest BCUT2D eigenvalue weighted by Gasteiger charge is 2.28. The Morgan fingerprint density at radius 1 is 0.967 bits per heavy atom. The number of ether oxygens (including phenoxy) is 1. The summed E-state index contributed by atoms with van der Waals surface area (Å²) in [6.45, 7) is 5.58. The Hall–Kier alpha value is -2.82. The molecule has 1 atom stereocenters. The summed E-state index contributed by atoms with van der Waals surface area (Å²) in [6, 6.07) is 18.9. The van der Waals surface area contributed by atoms with Crippen molar-refractivity contribution in [2.45, 2.75) is 58.5 Å². The lowest BCUT2D eigenvalue weighted by Crippen LogP contribution is -2.49. The monoisotopic (exact) mass is 410 g/mol. The van der Waals surface area contributed by atoms with Crippen LogP contribution in [0.1, 0.15) is 51.5 Å². The van der Waals surface area contributed by atoms with Gasteiger partial charge in [0.2, 0.25) is 11.8 Å². The van der Waals surface area contributed by atoms with Gasteiger partial charge in [-0.2, -0.15) is 0 Å². The molecule has 0 fully saturated rings. The average Bonchev–Trinajstić information content (AvgIpc) is 2.78. The Balaban J connectivity index is 1.99. The molecule has 2 aromatic rings. The van der Waals surface area contributed by atoms with E-state index in [1.165, 1.54) is 0 Å². The Labute approximate surface area is 180 Å². The van der Waals surface area contributed by atoms with Gasteiger partial charge < -0.3 is 15.0 Å². The predicted octanol–water partition coefficient (Wildman–Crippen LogP) is 4.57. The molecule has 0 radical (unpaired) electrons. The first-order valence-electron chi connectivity index (χ1n) is 10.9. The fraction of sp³-hybridized carbons (Fsp3) is 0.440. The van der Waals surface area contributed by atoms with Crippen LogP contribution in [0.15, 0.2) is 60.7 Å². The summed E-state index contributed by atoms with van der Waals surface area (Å²) in [5.74, 6) is 0.705. The molecule has 0 spiro atoms. The third-order valence-corrected chi connectivity index (χ3v) is 4.96. The number of hydrogen-bond donors (Lipinski definition) is 1. The molecule has 0 bridgehead atoms. The van der Waals surface area contributed by atoms with Gasteiger partial charge in [0.25, 0.3) is 0 Å². The molecule has 5 nitrogen and oxygen atoms in total. The van der Waals surface area contributed by atoms with Crippen molar-refractivity contribution < 1.29 is 14.3 Å². The second-order valence-corrected chi connectivity index (χ2v) is 7.34. The van der Waals surface area contributed by atoms with Gasteiger partial charge in [0.15, 0.2) is 0 Å². The molecule has 0 aliphatic heterocycles. The molecule has 0 saturated heterocycles. The lowest BCUT2D eigenvalue weighted by Gasteiger charge is -2.30. The molecular formula is C25H34N2O3. The van der Waals surface area contributed by atoms with Gasteiger partial charge in [-0.05, 0) is 37.0 Å². The van der Waals surface area contributed by atoms with Crippen LogP contribution in [0.3, 0.4) is 0 Å². The molecule has 0 unspecified atom stereocenters. The molecule has 0 aromatic heterocycles. The minimum absolute atomic E-state index is 0.0204. The van der Waals surface area contributed by atoms with Crippen molar-refractivity contribution in [1.82, 2.24) is 10.2 Å². The summed E-state index contributed by atoms with van der Waals surface area (Å²) in [5, 5.41) is 2.99. The number of carbonyl (C=O) groups is 2. The summed E-state index contributed by atoms with van der Waals surface area (Å²) >= 11 is 0. The largest absolute Gasteiger partial charge is 0.494 e. The zero-order valence-electron chi connectivity index (χ0n) is 18.2. The second-order valence-electron chi connectivity index (χ2n) is 7.34. The summed E-state index contributed by atoms with van der Waals surface area (Å²) < 4.78 is 5.70.